The Morgan fingerprint density at radius 2 is 1.81 bits per heavy atom. The molecular weight excluding hydrogens is 262 g/mol. The zero-order valence-corrected chi connectivity index (χ0v) is 12.4. The Labute approximate surface area is 125 Å². The fourth-order valence-electron chi connectivity index (χ4n) is 2.72. The van der Waals surface area contributed by atoms with Crippen LogP contribution in [0.1, 0.15) is 6.42 Å². The van der Waals surface area contributed by atoms with E-state index in [0.29, 0.717) is 0 Å². The summed E-state index contributed by atoms with van der Waals surface area (Å²) in [6.07, 6.45) is 1.03. The molecule has 1 aliphatic rings. The molecule has 1 heterocycles. The van der Waals surface area contributed by atoms with Gasteiger partial charge in [0, 0.05) is 25.3 Å². The molecule has 4 heteroatoms. The van der Waals surface area contributed by atoms with Gasteiger partial charge < -0.3 is 15.1 Å². The monoisotopic (exact) mass is 283 g/mol. The second-order valence-electron chi connectivity index (χ2n) is 5.64. The largest absolute Gasteiger partial charge is 0.323 e. The molecule has 0 bridgehead atoms. The second-order valence-corrected chi connectivity index (χ2v) is 5.64. The maximum absolute atomic E-state index is 12.4. The first-order valence-electron chi connectivity index (χ1n) is 7.46. The third-order valence-corrected chi connectivity index (χ3v) is 4.01. The zero-order valence-electron chi connectivity index (χ0n) is 12.4. The molecule has 0 spiro atoms. The lowest BCUT2D eigenvalue weighted by molar-refractivity contribution is 0.213. The molecule has 0 aromatic heterocycles. The molecular formula is C17H21N3O. The van der Waals surface area contributed by atoms with E-state index in [1.807, 2.05) is 35.2 Å². The van der Waals surface area contributed by atoms with Crippen LogP contribution in [-0.4, -0.2) is 49.1 Å². The predicted molar refractivity (Wildman–Crippen MR) is 86.7 cm³/mol. The molecule has 2 aromatic rings. The number of hydrogen-bond acceptors (Lipinski definition) is 2. The van der Waals surface area contributed by atoms with Crippen LogP contribution in [0.4, 0.5) is 10.5 Å². The Bertz CT molecular complexity index is 641. The van der Waals surface area contributed by atoms with Crippen molar-refractivity contribution in [1.29, 1.82) is 0 Å². The summed E-state index contributed by atoms with van der Waals surface area (Å²) < 4.78 is 0. The van der Waals surface area contributed by atoms with Gasteiger partial charge in [0.15, 0.2) is 0 Å². The topological polar surface area (TPSA) is 35.6 Å². The van der Waals surface area contributed by atoms with Gasteiger partial charge in [-0.25, -0.2) is 4.79 Å². The molecule has 0 radical (unpaired) electrons. The highest BCUT2D eigenvalue weighted by molar-refractivity contribution is 5.93. The summed E-state index contributed by atoms with van der Waals surface area (Å²) in [4.78, 5) is 16.5. The van der Waals surface area contributed by atoms with Crippen molar-refractivity contribution in [3.8, 4) is 0 Å². The fraction of sp³-hybridized carbons (Fsp3) is 0.353. The number of anilines is 1. The van der Waals surface area contributed by atoms with Crippen LogP contribution < -0.4 is 5.32 Å². The van der Waals surface area contributed by atoms with Crippen molar-refractivity contribution in [2.24, 2.45) is 0 Å². The number of urea groups is 1. The standard InChI is InChI=1S/C17H21N3O/c1-19-9-4-10-20(12-11-19)17(21)18-16-8-7-14-5-2-3-6-15(14)13-16/h2-3,5-8,13H,4,9-12H2,1H3,(H,18,21). The van der Waals surface area contributed by atoms with E-state index in [9.17, 15) is 4.79 Å². The lowest BCUT2D eigenvalue weighted by atomic mass is 10.1. The highest BCUT2D eigenvalue weighted by Crippen LogP contribution is 2.19. The van der Waals surface area contributed by atoms with Crippen LogP contribution in [0, 0.1) is 0 Å². The van der Waals surface area contributed by atoms with Crippen molar-refractivity contribution in [3.05, 3.63) is 42.5 Å². The molecule has 3 rings (SSSR count). The van der Waals surface area contributed by atoms with Crippen LogP contribution in [0.2, 0.25) is 0 Å². The number of benzene rings is 2. The predicted octanol–water partition coefficient (Wildman–Crippen LogP) is 3.01. The summed E-state index contributed by atoms with van der Waals surface area (Å²) in [6.45, 7) is 3.60. The summed E-state index contributed by atoms with van der Waals surface area (Å²) >= 11 is 0. The van der Waals surface area contributed by atoms with Crippen molar-refractivity contribution in [2.45, 2.75) is 6.42 Å². The summed E-state index contributed by atoms with van der Waals surface area (Å²) in [7, 11) is 2.10. The van der Waals surface area contributed by atoms with E-state index in [1.165, 1.54) is 5.39 Å². The molecule has 0 aliphatic carbocycles. The molecule has 1 fully saturated rings. The number of fused-ring (bicyclic) bond motifs is 1. The number of nitrogens with one attached hydrogen (secondary N) is 1. The lowest BCUT2D eigenvalue weighted by Crippen LogP contribution is -2.37. The van der Waals surface area contributed by atoms with Gasteiger partial charge in [0.2, 0.25) is 0 Å². The van der Waals surface area contributed by atoms with Crippen molar-refractivity contribution >= 4 is 22.5 Å². The summed E-state index contributed by atoms with van der Waals surface area (Å²) in [6, 6.07) is 14.2. The van der Waals surface area contributed by atoms with E-state index in [2.05, 4.69) is 29.4 Å². The SMILES string of the molecule is CN1CCCN(C(=O)Nc2ccc3ccccc3c2)CC1. The van der Waals surface area contributed by atoms with E-state index >= 15 is 0 Å². The molecule has 4 nitrogen and oxygen atoms in total. The molecule has 1 saturated heterocycles. The number of hydrogen-bond donors (Lipinski definition) is 1. The van der Waals surface area contributed by atoms with Gasteiger partial charge in [-0.3, -0.25) is 0 Å². The fourth-order valence-corrected chi connectivity index (χ4v) is 2.72. The van der Waals surface area contributed by atoms with Crippen LogP contribution in [0.15, 0.2) is 42.5 Å². The minimum atomic E-state index is 0.000538. The Kier molecular flexibility index (Phi) is 4.06. The summed E-state index contributed by atoms with van der Waals surface area (Å²) in [5.41, 5.74) is 0.858. The maximum Gasteiger partial charge on any atom is 0.321 e. The first-order chi connectivity index (χ1) is 10.2. The highest BCUT2D eigenvalue weighted by Gasteiger charge is 2.17. The Morgan fingerprint density at radius 1 is 1.00 bits per heavy atom. The quantitative estimate of drug-likeness (QED) is 0.873. The minimum absolute atomic E-state index is 0.000538. The van der Waals surface area contributed by atoms with Crippen LogP contribution in [0.25, 0.3) is 10.8 Å². The maximum atomic E-state index is 12.4. The smallest absolute Gasteiger partial charge is 0.321 e. The Morgan fingerprint density at radius 3 is 2.67 bits per heavy atom. The van der Waals surface area contributed by atoms with Crippen LogP contribution >= 0.6 is 0 Å². The molecule has 2 amide bonds. The third kappa shape index (κ3) is 3.34. The van der Waals surface area contributed by atoms with Gasteiger partial charge >= 0.3 is 6.03 Å². The van der Waals surface area contributed by atoms with E-state index in [0.717, 1.165) is 43.7 Å². The van der Waals surface area contributed by atoms with Crippen LogP contribution in [0.3, 0.4) is 0 Å². The number of carbonyl (C=O) groups is 1. The minimum Gasteiger partial charge on any atom is -0.323 e. The van der Waals surface area contributed by atoms with E-state index in [1.54, 1.807) is 0 Å². The molecule has 2 aromatic carbocycles. The van der Waals surface area contributed by atoms with Crippen molar-refractivity contribution in [3.63, 3.8) is 0 Å². The molecule has 1 N–H and O–H groups in total. The summed E-state index contributed by atoms with van der Waals surface area (Å²) in [5.74, 6) is 0. The average Bonchev–Trinajstić information content (AvgIpc) is 2.72. The Balaban J connectivity index is 1.70. The van der Waals surface area contributed by atoms with Gasteiger partial charge in [-0.2, -0.15) is 0 Å². The lowest BCUT2D eigenvalue weighted by Gasteiger charge is -2.21. The molecule has 110 valence electrons. The molecule has 21 heavy (non-hydrogen) atoms. The van der Waals surface area contributed by atoms with Crippen LogP contribution in [0.5, 0.6) is 0 Å². The van der Waals surface area contributed by atoms with E-state index in [-0.39, 0.29) is 6.03 Å². The second kappa shape index (κ2) is 6.14. The van der Waals surface area contributed by atoms with Gasteiger partial charge in [-0.15, -0.1) is 0 Å². The molecule has 1 aliphatic heterocycles. The van der Waals surface area contributed by atoms with Crippen molar-refractivity contribution in [2.75, 3.05) is 38.5 Å². The number of carbonyl (C=O) groups excluding carboxylic acids is 1. The molecule has 0 unspecified atom stereocenters. The summed E-state index contributed by atoms with van der Waals surface area (Å²) in [5, 5.41) is 5.35. The number of nitrogens with zero attached hydrogens (tertiary/aromatic N) is 2. The van der Waals surface area contributed by atoms with Crippen molar-refractivity contribution in [1.82, 2.24) is 9.80 Å². The zero-order chi connectivity index (χ0) is 14.7. The average molecular weight is 283 g/mol. The Hall–Kier alpha value is -2.07. The van der Waals surface area contributed by atoms with Crippen LogP contribution in [-0.2, 0) is 0 Å². The normalized spacial score (nSPS) is 16.7. The van der Waals surface area contributed by atoms with E-state index in [4.69, 9.17) is 0 Å². The highest BCUT2D eigenvalue weighted by atomic mass is 16.2. The van der Waals surface area contributed by atoms with Gasteiger partial charge in [0.25, 0.3) is 0 Å². The van der Waals surface area contributed by atoms with Gasteiger partial charge in [0.1, 0.15) is 0 Å². The van der Waals surface area contributed by atoms with Gasteiger partial charge in [0.05, 0.1) is 0 Å². The first-order valence-corrected chi connectivity index (χ1v) is 7.46. The molecule has 0 saturated carbocycles. The van der Waals surface area contributed by atoms with Gasteiger partial charge in [-0.1, -0.05) is 30.3 Å². The third-order valence-electron chi connectivity index (χ3n) is 4.01. The number of likely N-dealkylation sites (N-methyl/N-ethyl adjacent to an activating group) is 1. The van der Waals surface area contributed by atoms with Gasteiger partial charge in [-0.05, 0) is 42.9 Å². The molecule has 0 atom stereocenters. The number of rotatable bonds is 1. The first kappa shape index (κ1) is 13.9. The number of amides is 2. The van der Waals surface area contributed by atoms with E-state index < -0.39 is 0 Å². The van der Waals surface area contributed by atoms with Crippen molar-refractivity contribution < 1.29 is 4.79 Å².